The Morgan fingerprint density at radius 1 is 1.21 bits per heavy atom. The summed E-state index contributed by atoms with van der Waals surface area (Å²) in [6.07, 6.45) is -4.77. The molecule has 0 aliphatic rings. The summed E-state index contributed by atoms with van der Waals surface area (Å²) >= 11 is 2.67. The first-order chi connectivity index (χ1) is 15.7. The highest BCUT2D eigenvalue weighted by Crippen LogP contribution is 2.30. The molecule has 0 spiro atoms. The van der Waals surface area contributed by atoms with E-state index in [1.165, 1.54) is 16.8 Å². The number of para-hydroxylation sites is 1. The summed E-state index contributed by atoms with van der Waals surface area (Å²) in [4.78, 5) is 19.0. The number of thioether (sulfide) groups is 1. The number of aromatic nitrogens is 5. The molecule has 8 nitrogen and oxygen atoms in total. The first-order valence-corrected chi connectivity index (χ1v) is 11.4. The fraction of sp³-hybridized carbons (Fsp3) is 0.250. The maximum Gasteiger partial charge on any atom is 0.573 e. The second kappa shape index (κ2) is 9.35. The Kier molecular flexibility index (Phi) is 6.51. The SMILES string of the molecule is C[C@@H](c1nc2ccccc2s1)N(C)C(=O)CSc1nnnn1-c1ccc(OC(F)(F)F)cc1. The molecular formula is C20H17F3N6O2S2. The van der Waals surface area contributed by atoms with Crippen LogP contribution >= 0.6 is 23.1 Å². The molecule has 0 unspecified atom stereocenters. The molecule has 2 aromatic heterocycles. The molecule has 0 aliphatic carbocycles. The first-order valence-electron chi connectivity index (χ1n) is 9.60. The highest BCUT2D eigenvalue weighted by molar-refractivity contribution is 7.99. The van der Waals surface area contributed by atoms with E-state index in [0.29, 0.717) is 10.8 Å². The number of amides is 1. The van der Waals surface area contributed by atoms with Gasteiger partial charge in [-0.15, -0.1) is 29.6 Å². The highest BCUT2D eigenvalue weighted by Gasteiger charge is 2.31. The van der Waals surface area contributed by atoms with E-state index in [9.17, 15) is 18.0 Å². The average Bonchev–Trinajstić information content (AvgIpc) is 3.42. The van der Waals surface area contributed by atoms with Gasteiger partial charge < -0.3 is 9.64 Å². The largest absolute Gasteiger partial charge is 0.573 e. The Balaban J connectivity index is 1.40. The van der Waals surface area contributed by atoms with Gasteiger partial charge in [-0.05, 0) is 53.7 Å². The van der Waals surface area contributed by atoms with Crippen molar-refractivity contribution in [3.8, 4) is 11.4 Å². The van der Waals surface area contributed by atoms with Crippen molar-refractivity contribution in [1.82, 2.24) is 30.1 Å². The van der Waals surface area contributed by atoms with Crippen molar-refractivity contribution in [2.75, 3.05) is 12.8 Å². The molecule has 13 heteroatoms. The number of ether oxygens (including phenoxy) is 1. The van der Waals surface area contributed by atoms with Gasteiger partial charge in [-0.2, -0.15) is 4.68 Å². The van der Waals surface area contributed by atoms with Crippen molar-refractivity contribution in [2.45, 2.75) is 24.5 Å². The van der Waals surface area contributed by atoms with Gasteiger partial charge in [-0.1, -0.05) is 23.9 Å². The summed E-state index contributed by atoms with van der Waals surface area (Å²) in [5.41, 5.74) is 1.33. The minimum absolute atomic E-state index is 0.0708. The molecule has 2 heterocycles. The summed E-state index contributed by atoms with van der Waals surface area (Å²) < 4.78 is 43.3. The Bertz CT molecular complexity index is 1230. The van der Waals surface area contributed by atoms with E-state index in [1.54, 1.807) is 23.3 Å². The molecular weight excluding hydrogens is 477 g/mol. The molecule has 1 atom stereocenters. The standard InChI is InChI=1S/C20H17F3N6O2S2/c1-12(18-24-15-5-3-4-6-16(15)33-18)28(2)17(30)11-32-19-25-26-27-29(19)13-7-9-14(10-8-13)31-20(21,22)23/h3-10,12H,11H2,1-2H3/t12-/m0/s1. The summed E-state index contributed by atoms with van der Waals surface area (Å²) in [7, 11) is 1.71. The topological polar surface area (TPSA) is 86.0 Å². The summed E-state index contributed by atoms with van der Waals surface area (Å²) in [5, 5.41) is 12.5. The van der Waals surface area contributed by atoms with E-state index >= 15 is 0 Å². The van der Waals surface area contributed by atoms with E-state index in [-0.39, 0.29) is 23.5 Å². The zero-order valence-corrected chi connectivity index (χ0v) is 19.0. The zero-order chi connectivity index (χ0) is 23.6. The Morgan fingerprint density at radius 3 is 2.64 bits per heavy atom. The van der Waals surface area contributed by atoms with Crippen LogP contribution in [0.2, 0.25) is 0 Å². The van der Waals surface area contributed by atoms with Crippen LogP contribution in [0.3, 0.4) is 0 Å². The number of tetrazole rings is 1. The van der Waals surface area contributed by atoms with E-state index in [1.807, 2.05) is 31.2 Å². The summed E-state index contributed by atoms with van der Waals surface area (Å²) in [6.45, 7) is 1.91. The van der Waals surface area contributed by atoms with Gasteiger partial charge >= 0.3 is 6.36 Å². The van der Waals surface area contributed by atoms with Gasteiger partial charge in [0.2, 0.25) is 11.1 Å². The van der Waals surface area contributed by atoms with Crippen LogP contribution < -0.4 is 4.74 Å². The molecule has 1 amide bonds. The maximum atomic E-state index is 12.8. The summed E-state index contributed by atoms with van der Waals surface area (Å²) in [6, 6.07) is 12.7. The predicted octanol–water partition coefficient (Wildman–Crippen LogP) is 4.48. The van der Waals surface area contributed by atoms with Gasteiger partial charge in [-0.3, -0.25) is 4.79 Å². The molecule has 2 aromatic carbocycles. The number of carbonyl (C=O) groups is 1. The molecule has 0 saturated carbocycles. The Hall–Kier alpha value is -3.19. The number of halogens is 3. The van der Waals surface area contributed by atoms with Gasteiger partial charge in [-0.25, -0.2) is 4.98 Å². The van der Waals surface area contributed by atoms with Crippen molar-refractivity contribution in [1.29, 1.82) is 0 Å². The molecule has 0 radical (unpaired) electrons. The van der Waals surface area contributed by atoms with Gasteiger partial charge in [0.1, 0.15) is 10.8 Å². The van der Waals surface area contributed by atoms with Gasteiger partial charge in [0.25, 0.3) is 0 Å². The lowest BCUT2D eigenvalue weighted by atomic mass is 10.3. The highest BCUT2D eigenvalue weighted by atomic mass is 32.2. The van der Waals surface area contributed by atoms with E-state index in [2.05, 4.69) is 25.2 Å². The third-order valence-electron chi connectivity index (χ3n) is 4.72. The zero-order valence-electron chi connectivity index (χ0n) is 17.4. The van der Waals surface area contributed by atoms with Crippen molar-refractivity contribution in [3.63, 3.8) is 0 Å². The monoisotopic (exact) mass is 494 g/mol. The normalized spacial score (nSPS) is 12.6. The van der Waals surface area contributed by atoms with Gasteiger partial charge in [0, 0.05) is 7.05 Å². The summed E-state index contributed by atoms with van der Waals surface area (Å²) in [5.74, 6) is -0.425. The van der Waals surface area contributed by atoms with Crippen molar-refractivity contribution in [3.05, 3.63) is 53.5 Å². The van der Waals surface area contributed by atoms with Crippen molar-refractivity contribution < 1.29 is 22.7 Å². The predicted molar refractivity (Wildman–Crippen MR) is 117 cm³/mol. The number of carbonyl (C=O) groups excluding carboxylic acids is 1. The lowest BCUT2D eigenvalue weighted by molar-refractivity contribution is -0.274. The smallest absolute Gasteiger partial charge is 0.406 e. The molecule has 33 heavy (non-hydrogen) atoms. The number of alkyl halides is 3. The molecule has 0 saturated heterocycles. The van der Waals surface area contributed by atoms with E-state index in [0.717, 1.165) is 39.1 Å². The lowest BCUT2D eigenvalue weighted by Crippen LogP contribution is -2.31. The van der Waals surface area contributed by atoms with Crippen molar-refractivity contribution in [2.24, 2.45) is 0 Å². The van der Waals surface area contributed by atoms with Crippen LogP contribution in [-0.2, 0) is 4.79 Å². The Labute approximate surface area is 194 Å². The van der Waals surface area contributed by atoms with Crippen LogP contribution in [0.5, 0.6) is 5.75 Å². The fourth-order valence-electron chi connectivity index (χ4n) is 2.90. The molecule has 0 fully saturated rings. The molecule has 4 rings (SSSR count). The average molecular weight is 495 g/mol. The van der Waals surface area contributed by atoms with Crippen LogP contribution in [0.4, 0.5) is 13.2 Å². The van der Waals surface area contributed by atoms with Crippen LogP contribution in [0.25, 0.3) is 15.9 Å². The third-order valence-corrected chi connectivity index (χ3v) is 6.83. The third kappa shape index (κ3) is 5.42. The van der Waals surface area contributed by atoms with Crippen molar-refractivity contribution >= 4 is 39.2 Å². The number of nitrogens with zero attached hydrogens (tertiary/aromatic N) is 6. The van der Waals surface area contributed by atoms with Crippen LogP contribution in [0.15, 0.2) is 53.7 Å². The second-order valence-electron chi connectivity index (χ2n) is 6.90. The maximum absolute atomic E-state index is 12.8. The van der Waals surface area contributed by atoms with Gasteiger partial charge in [0.15, 0.2) is 0 Å². The molecule has 4 aromatic rings. The van der Waals surface area contributed by atoms with Crippen LogP contribution in [-0.4, -0.2) is 55.2 Å². The number of rotatable bonds is 7. The fourth-order valence-corrected chi connectivity index (χ4v) is 4.78. The van der Waals surface area contributed by atoms with E-state index < -0.39 is 6.36 Å². The van der Waals surface area contributed by atoms with Gasteiger partial charge in [0.05, 0.1) is 27.7 Å². The minimum atomic E-state index is -4.77. The van der Waals surface area contributed by atoms with Crippen LogP contribution in [0.1, 0.15) is 18.0 Å². The van der Waals surface area contributed by atoms with Crippen LogP contribution in [0, 0.1) is 0 Å². The van der Waals surface area contributed by atoms with E-state index in [4.69, 9.17) is 0 Å². The number of fused-ring (bicyclic) bond motifs is 1. The number of hydrogen-bond acceptors (Lipinski definition) is 8. The molecule has 0 bridgehead atoms. The molecule has 0 aliphatic heterocycles. The first kappa shape index (κ1) is 23.0. The molecule has 0 N–H and O–H groups in total. The number of thiazole rings is 1. The lowest BCUT2D eigenvalue weighted by Gasteiger charge is -2.23. The second-order valence-corrected chi connectivity index (χ2v) is 8.91. The number of benzene rings is 2. The Morgan fingerprint density at radius 2 is 1.94 bits per heavy atom. The minimum Gasteiger partial charge on any atom is -0.406 e. The quantitative estimate of drug-likeness (QED) is 0.350. The number of hydrogen-bond donors (Lipinski definition) is 0. The molecule has 172 valence electrons.